The lowest BCUT2D eigenvalue weighted by atomic mass is 10.0. The highest BCUT2D eigenvalue weighted by atomic mass is 16.4. The van der Waals surface area contributed by atoms with E-state index < -0.39 is 0 Å². The van der Waals surface area contributed by atoms with Gasteiger partial charge in [-0.15, -0.1) is 0 Å². The van der Waals surface area contributed by atoms with Gasteiger partial charge in [0.1, 0.15) is 0 Å². The molecule has 2 rings (SSSR count). The van der Waals surface area contributed by atoms with E-state index in [1.807, 2.05) is 24.3 Å². The summed E-state index contributed by atoms with van der Waals surface area (Å²) in [6.45, 7) is 5.96. The number of benzene rings is 1. The fraction of sp³-hybridized carbons (Fsp3) is 0.286. The number of anilines is 1. The minimum Gasteiger partial charge on any atom is -0.436 e. The Bertz CT molecular complexity index is 541. The molecule has 0 aliphatic rings. The van der Waals surface area contributed by atoms with Crippen LogP contribution in [0.1, 0.15) is 41.8 Å². The molecule has 1 heterocycles. The molecule has 18 heavy (non-hydrogen) atoms. The molecule has 0 aliphatic heterocycles. The molecule has 0 saturated heterocycles. The first-order valence-electron chi connectivity index (χ1n) is 5.90. The van der Waals surface area contributed by atoms with E-state index >= 15 is 0 Å². The van der Waals surface area contributed by atoms with Crippen LogP contribution in [0.4, 0.5) is 5.69 Å². The third-order valence-electron chi connectivity index (χ3n) is 2.68. The Hall–Kier alpha value is -2.10. The van der Waals surface area contributed by atoms with Crippen LogP contribution in [0.2, 0.25) is 0 Å². The molecule has 0 aliphatic carbocycles. The van der Waals surface area contributed by atoms with Gasteiger partial charge in [-0.2, -0.15) is 0 Å². The van der Waals surface area contributed by atoms with Crippen molar-refractivity contribution < 1.29 is 9.21 Å². The van der Waals surface area contributed by atoms with Crippen LogP contribution in [0, 0.1) is 6.92 Å². The summed E-state index contributed by atoms with van der Waals surface area (Å²) in [4.78, 5) is 15.7. The Balaban J connectivity index is 2.07. The first kappa shape index (κ1) is 12.4. The molecule has 4 nitrogen and oxygen atoms in total. The summed E-state index contributed by atoms with van der Waals surface area (Å²) in [6, 6.07) is 7.78. The van der Waals surface area contributed by atoms with Crippen LogP contribution in [0.25, 0.3) is 0 Å². The molecule has 94 valence electrons. The predicted octanol–water partition coefficient (Wildman–Crippen LogP) is 3.36. The maximum absolute atomic E-state index is 11.8. The molecule has 0 radical (unpaired) electrons. The van der Waals surface area contributed by atoms with Crippen molar-refractivity contribution >= 4 is 11.6 Å². The molecule has 0 unspecified atom stereocenters. The number of aryl methyl sites for hydroxylation is 1. The van der Waals surface area contributed by atoms with E-state index in [-0.39, 0.29) is 11.7 Å². The van der Waals surface area contributed by atoms with Crippen LogP contribution in [-0.2, 0) is 0 Å². The normalized spacial score (nSPS) is 10.7. The maximum Gasteiger partial charge on any atom is 0.293 e. The lowest BCUT2D eigenvalue weighted by molar-refractivity contribution is 0.0995. The number of oxazole rings is 1. The molecule has 0 spiro atoms. The van der Waals surface area contributed by atoms with Gasteiger partial charge in [0.2, 0.25) is 5.76 Å². The molecular formula is C14H16N2O2. The van der Waals surface area contributed by atoms with Crippen molar-refractivity contribution in [1.82, 2.24) is 4.98 Å². The minimum absolute atomic E-state index is 0.223. The molecule has 0 saturated carbocycles. The van der Waals surface area contributed by atoms with Gasteiger partial charge in [-0.1, -0.05) is 26.0 Å². The van der Waals surface area contributed by atoms with Crippen molar-refractivity contribution in [2.45, 2.75) is 26.7 Å². The van der Waals surface area contributed by atoms with Gasteiger partial charge in [0.15, 0.2) is 5.89 Å². The Morgan fingerprint density at radius 2 is 1.94 bits per heavy atom. The average molecular weight is 244 g/mol. The summed E-state index contributed by atoms with van der Waals surface area (Å²) in [5.41, 5.74) is 1.99. The number of amides is 1. The van der Waals surface area contributed by atoms with Crippen LogP contribution < -0.4 is 5.32 Å². The van der Waals surface area contributed by atoms with Gasteiger partial charge in [0, 0.05) is 12.6 Å². The van der Waals surface area contributed by atoms with Crippen molar-refractivity contribution in [3.63, 3.8) is 0 Å². The average Bonchev–Trinajstić information content (AvgIpc) is 2.76. The zero-order valence-electron chi connectivity index (χ0n) is 10.7. The molecule has 1 amide bonds. The van der Waals surface area contributed by atoms with Gasteiger partial charge < -0.3 is 9.73 Å². The summed E-state index contributed by atoms with van der Waals surface area (Å²) >= 11 is 0. The minimum atomic E-state index is -0.284. The number of aromatic nitrogens is 1. The predicted molar refractivity (Wildman–Crippen MR) is 69.7 cm³/mol. The monoisotopic (exact) mass is 244 g/mol. The molecule has 1 N–H and O–H groups in total. The molecule has 0 fully saturated rings. The Labute approximate surface area is 106 Å². The summed E-state index contributed by atoms with van der Waals surface area (Å²) in [5, 5.41) is 2.76. The second-order valence-corrected chi connectivity index (χ2v) is 4.47. The number of hydrogen-bond acceptors (Lipinski definition) is 3. The van der Waals surface area contributed by atoms with Crippen molar-refractivity contribution in [3.8, 4) is 0 Å². The van der Waals surface area contributed by atoms with Gasteiger partial charge in [-0.3, -0.25) is 4.79 Å². The third-order valence-corrected chi connectivity index (χ3v) is 2.68. The zero-order valence-corrected chi connectivity index (χ0v) is 10.7. The Kier molecular flexibility index (Phi) is 3.46. The molecule has 4 heteroatoms. The number of carbonyl (C=O) groups excluding carboxylic acids is 1. The van der Waals surface area contributed by atoms with Gasteiger partial charge in [-0.25, -0.2) is 4.98 Å². The number of nitrogens with zero attached hydrogens (tertiary/aromatic N) is 1. The Morgan fingerprint density at radius 1 is 1.28 bits per heavy atom. The third kappa shape index (κ3) is 2.77. The SMILES string of the molecule is Cc1ncc(C(=O)Nc2ccc(C(C)C)cc2)o1. The van der Waals surface area contributed by atoms with Crippen LogP contribution in [0.5, 0.6) is 0 Å². The Morgan fingerprint density at radius 3 is 2.44 bits per heavy atom. The number of hydrogen-bond donors (Lipinski definition) is 1. The highest BCUT2D eigenvalue weighted by molar-refractivity contribution is 6.02. The fourth-order valence-electron chi connectivity index (χ4n) is 1.61. The van der Waals surface area contributed by atoms with Gasteiger partial charge in [0.05, 0.1) is 6.20 Å². The number of carbonyl (C=O) groups is 1. The van der Waals surface area contributed by atoms with Crippen LogP contribution in [-0.4, -0.2) is 10.9 Å². The quantitative estimate of drug-likeness (QED) is 0.900. The van der Waals surface area contributed by atoms with Crippen LogP contribution in [0.15, 0.2) is 34.9 Å². The molecule has 0 bridgehead atoms. The van der Waals surface area contributed by atoms with Crippen LogP contribution >= 0.6 is 0 Å². The van der Waals surface area contributed by atoms with E-state index in [9.17, 15) is 4.79 Å². The van der Waals surface area contributed by atoms with Gasteiger partial charge >= 0.3 is 0 Å². The van der Waals surface area contributed by atoms with Crippen molar-refractivity contribution in [2.24, 2.45) is 0 Å². The maximum atomic E-state index is 11.8. The number of nitrogens with one attached hydrogen (secondary N) is 1. The molecule has 0 atom stereocenters. The molecule has 1 aromatic heterocycles. The van der Waals surface area contributed by atoms with E-state index in [0.29, 0.717) is 11.8 Å². The van der Waals surface area contributed by atoms with Crippen molar-refractivity contribution in [2.75, 3.05) is 5.32 Å². The number of rotatable bonds is 3. The second kappa shape index (κ2) is 5.04. The van der Waals surface area contributed by atoms with E-state index in [2.05, 4.69) is 24.1 Å². The van der Waals surface area contributed by atoms with Crippen molar-refractivity contribution in [1.29, 1.82) is 0 Å². The summed E-state index contributed by atoms with van der Waals surface area (Å²) in [6.07, 6.45) is 1.42. The summed E-state index contributed by atoms with van der Waals surface area (Å²) < 4.78 is 5.16. The van der Waals surface area contributed by atoms with Gasteiger partial charge in [0.25, 0.3) is 5.91 Å². The zero-order chi connectivity index (χ0) is 13.1. The second-order valence-electron chi connectivity index (χ2n) is 4.47. The topological polar surface area (TPSA) is 55.1 Å². The first-order chi connectivity index (χ1) is 8.56. The van der Waals surface area contributed by atoms with E-state index in [1.165, 1.54) is 11.8 Å². The highest BCUT2D eigenvalue weighted by Gasteiger charge is 2.11. The highest BCUT2D eigenvalue weighted by Crippen LogP contribution is 2.17. The van der Waals surface area contributed by atoms with E-state index in [4.69, 9.17) is 4.42 Å². The smallest absolute Gasteiger partial charge is 0.293 e. The van der Waals surface area contributed by atoms with Crippen molar-refractivity contribution in [3.05, 3.63) is 47.7 Å². The molecule has 2 aromatic rings. The van der Waals surface area contributed by atoms with Gasteiger partial charge in [-0.05, 0) is 23.6 Å². The summed E-state index contributed by atoms with van der Waals surface area (Å²) in [7, 11) is 0. The first-order valence-corrected chi connectivity index (χ1v) is 5.90. The van der Waals surface area contributed by atoms with E-state index in [0.717, 1.165) is 5.69 Å². The lowest BCUT2D eigenvalue weighted by Gasteiger charge is -2.07. The fourth-order valence-corrected chi connectivity index (χ4v) is 1.61. The molecular weight excluding hydrogens is 228 g/mol. The molecule has 1 aromatic carbocycles. The standard InChI is InChI=1S/C14H16N2O2/c1-9(2)11-4-6-12(7-5-11)16-14(17)13-8-15-10(3)18-13/h4-9H,1-3H3,(H,16,17). The van der Waals surface area contributed by atoms with Crippen LogP contribution in [0.3, 0.4) is 0 Å². The largest absolute Gasteiger partial charge is 0.436 e. The lowest BCUT2D eigenvalue weighted by Crippen LogP contribution is -2.10. The summed E-state index contributed by atoms with van der Waals surface area (Å²) in [5.74, 6) is 0.898. The van der Waals surface area contributed by atoms with E-state index in [1.54, 1.807) is 6.92 Å².